The van der Waals surface area contributed by atoms with Crippen molar-refractivity contribution in [2.45, 2.75) is 19.5 Å². The van der Waals surface area contributed by atoms with E-state index in [1.165, 1.54) is 0 Å². The van der Waals surface area contributed by atoms with Crippen LogP contribution in [0.15, 0.2) is 41.0 Å². The van der Waals surface area contributed by atoms with Gasteiger partial charge in [-0.05, 0) is 37.3 Å². The lowest BCUT2D eigenvalue weighted by molar-refractivity contribution is -0.121. The molecule has 1 aliphatic rings. The van der Waals surface area contributed by atoms with Crippen LogP contribution in [0.3, 0.4) is 0 Å². The van der Waals surface area contributed by atoms with Crippen molar-refractivity contribution < 1.29 is 9.21 Å². The number of halogens is 2. The minimum atomic E-state index is -0.225. The average molecular weight is 382 g/mol. The molecule has 2 heterocycles. The maximum Gasteiger partial charge on any atom is 0.241 e. The van der Waals surface area contributed by atoms with E-state index in [-0.39, 0.29) is 11.9 Å². The average Bonchev–Trinajstić information content (AvgIpc) is 3.10. The molecule has 1 atom stereocenters. The molecule has 0 radical (unpaired) electrons. The topological polar surface area (TPSA) is 48.7 Å². The molecule has 0 bridgehead atoms. The Hall–Kier alpha value is -1.53. The number of hydrogen-bond acceptors (Lipinski definition) is 4. The lowest BCUT2D eigenvalue weighted by Gasteiger charge is -2.37. The Morgan fingerprint density at radius 2 is 2.00 bits per heavy atom. The summed E-state index contributed by atoms with van der Waals surface area (Å²) in [4.78, 5) is 17.0. The van der Waals surface area contributed by atoms with Crippen LogP contribution in [0.5, 0.6) is 0 Å². The molecule has 1 fully saturated rings. The van der Waals surface area contributed by atoms with Crippen molar-refractivity contribution in [3.63, 3.8) is 0 Å². The highest BCUT2D eigenvalue weighted by molar-refractivity contribution is 6.36. The second-order valence-electron chi connectivity index (χ2n) is 6.18. The highest BCUT2D eigenvalue weighted by Gasteiger charge is 2.26. The largest absolute Gasteiger partial charge is 0.468 e. The van der Waals surface area contributed by atoms with Gasteiger partial charge in [0.05, 0.1) is 29.6 Å². The summed E-state index contributed by atoms with van der Waals surface area (Å²) >= 11 is 12.0. The summed E-state index contributed by atoms with van der Waals surface area (Å²) in [6, 6.07) is 8.71. The normalized spacial score (nSPS) is 17.4. The lowest BCUT2D eigenvalue weighted by Crippen LogP contribution is -2.52. The first-order valence-corrected chi connectivity index (χ1v) is 9.03. The molecule has 1 amide bonds. The van der Waals surface area contributed by atoms with E-state index in [0.717, 1.165) is 38.5 Å². The zero-order chi connectivity index (χ0) is 17.8. The Kier molecular flexibility index (Phi) is 6.02. The molecule has 5 nitrogen and oxygen atoms in total. The molecule has 1 unspecified atom stereocenters. The highest BCUT2D eigenvalue weighted by atomic mass is 35.5. The van der Waals surface area contributed by atoms with Gasteiger partial charge in [0, 0.05) is 31.2 Å². The van der Waals surface area contributed by atoms with Gasteiger partial charge in [0.1, 0.15) is 5.76 Å². The predicted molar refractivity (Wildman–Crippen MR) is 100 cm³/mol. The number of nitrogens with zero attached hydrogens (tertiary/aromatic N) is 2. The van der Waals surface area contributed by atoms with Crippen LogP contribution in [0.2, 0.25) is 10.0 Å². The Bertz CT molecular complexity index is 713. The highest BCUT2D eigenvalue weighted by Crippen LogP contribution is 2.25. The summed E-state index contributed by atoms with van der Waals surface area (Å²) in [5.41, 5.74) is 0.583. The molecule has 1 N–H and O–H groups in total. The van der Waals surface area contributed by atoms with E-state index in [9.17, 15) is 4.79 Å². The van der Waals surface area contributed by atoms with E-state index in [2.05, 4.69) is 15.1 Å². The smallest absolute Gasteiger partial charge is 0.241 e. The van der Waals surface area contributed by atoms with Gasteiger partial charge in [-0.25, -0.2) is 0 Å². The van der Waals surface area contributed by atoms with Gasteiger partial charge < -0.3 is 9.73 Å². The zero-order valence-electron chi connectivity index (χ0n) is 14.0. The number of carbonyl (C=O) groups is 1. The third-order valence-corrected chi connectivity index (χ3v) is 5.03. The number of hydrogen-bond donors (Lipinski definition) is 1. The number of anilines is 1. The predicted octanol–water partition coefficient (Wildman–Crippen LogP) is 3.73. The third-order valence-electron chi connectivity index (χ3n) is 4.48. The third kappa shape index (κ3) is 4.76. The molecule has 0 aliphatic carbocycles. The second kappa shape index (κ2) is 8.23. The van der Waals surface area contributed by atoms with Crippen LogP contribution in [0.25, 0.3) is 0 Å². The van der Waals surface area contributed by atoms with Gasteiger partial charge in [-0.1, -0.05) is 23.2 Å². The minimum Gasteiger partial charge on any atom is -0.468 e. The van der Waals surface area contributed by atoms with Gasteiger partial charge in [0.15, 0.2) is 0 Å². The first-order valence-electron chi connectivity index (χ1n) is 8.27. The Labute approximate surface area is 157 Å². The zero-order valence-corrected chi connectivity index (χ0v) is 15.6. The van der Waals surface area contributed by atoms with Crippen molar-refractivity contribution in [2.24, 2.45) is 0 Å². The Morgan fingerprint density at radius 1 is 1.24 bits per heavy atom. The number of furan rings is 1. The van der Waals surface area contributed by atoms with Gasteiger partial charge >= 0.3 is 0 Å². The molecule has 1 aromatic heterocycles. The van der Waals surface area contributed by atoms with Crippen molar-refractivity contribution in [3.05, 3.63) is 52.4 Å². The number of rotatable bonds is 5. The summed E-state index contributed by atoms with van der Waals surface area (Å²) in [7, 11) is 0. The summed E-state index contributed by atoms with van der Waals surface area (Å²) in [5.74, 6) is 0.903. The summed E-state index contributed by atoms with van der Waals surface area (Å²) in [6.07, 6.45) is 1.69. The number of nitrogens with one attached hydrogen (secondary N) is 1. The van der Waals surface area contributed by atoms with E-state index in [1.807, 2.05) is 19.1 Å². The van der Waals surface area contributed by atoms with Gasteiger partial charge in [-0.2, -0.15) is 0 Å². The molecular weight excluding hydrogens is 361 g/mol. The fourth-order valence-electron chi connectivity index (χ4n) is 2.93. The Balaban J connectivity index is 1.51. The monoisotopic (exact) mass is 381 g/mol. The lowest BCUT2D eigenvalue weighted by atomic mass is 10.2. The Morgan fingerprint density at radius 3 is 2.64 bits per heavy atom. The van der Waals surface area contributed by atoms with Crippen LogP contribution < -0.4 is 5.32 Å². The molecule has 1 aliphatic heterocycles. The van der Waals surface area contributed by atoms with Gasteiger partial charge in [-0.15, -0.1) is 0 Å². The van der Waals surface area contributed by atoms with Crippen LogP contribution in [0, 0.1) is 0 Å². The van der Waals surface area contributed by atoms with Crippen LogP contribution in [-0.4, -0.2) is 47.9 Å². The van der Waals surface area contributed by atoms with Crippen molar-refractivity contribution in [1.29, 1.82) is 0 Å². The number of carbonyl (C=O) groups excluding carboxylic acids is 1. The molecule has 0 spiro atoms. The molecule has 0 saturated carbocycles. The molecule has 7 heteroatoms. The first-order chi connectivity index (χ1) is 12.0. The second-order valence-corrected chi connectivity index (χ2v) is 7.02. The van der Waals surface area contributed by atoms with Crippen LogP contribution in [-0.2, 0) is 11.3 Å². The fraction of sp³-hybridized carbons (Fsp3) is 0.389. The van der Waals surface area contributed by atoms with Crippen molar-refractivity contribution in [1.82, 2.24) is 9.80 Å². The molecule has 134 valence electrons. The van der Waals surface area contributed by atoms with Crippen molar-refractivity contribution >= 4 is 34.8 Å². The minimum absolute atomic E-state index is 0.0660. The van der Waals surface area contributed by atoms with Crippen LogP contribution in [0.1, 0.15) is 12.7 Å². The molecule has 25 heavy (non-hydrogen) atoms. The molecular formula is C18H21Cl2N3O2. The van der Waals surface area contributed by atoms with Crippen LogP contribution in [0.4, 0.5) is 5.69 Å². The quantitative estimate of drug-likeness (QED) is 0.856. The van der Waals surface area contributed by atoms with E-state index in [1.54, 1.807) is 24.5 Å². The van der Waals surface area contributed by atoms with E-state index in [4.69, 9.17) is 27.6 Å². The van der Waals surface area contributed by atoms with E-state index >= 15 is 0 Å². The fourth-order valence-corrected chi connectivity index (χ4v) is 3.38. The van der Waals surface area contributed by atoms with E-state index < -0.39 is 0 Å². The molecule has 1 aromatic carbocycles. The van der Waals surface area contributed by atoms with E-state index in [0.29, 0.717) is 15.7 Å². The summed E-state index contributed by atoms with van der Waals surface area (Å²) in [6.45, 7) is 6.20. The summed E-state index contributed by atoms with van der Waals surface area (Å²) < 4.78 is 5.39. The standard InChI is InChI=1S/C18H21Cl2N3O2/c1-13(18(24)21-17-5-4-14(19)11-16(17)20)23-8-6-22(7-9-23)12-15-3-2-10-25-15/h2-5,10-11,13H,6-9,12H2,1H3,(H,21,24). The molecule has 3 rings (SSSR count). The van der Waals surface area contributed by atoms with Gasteiger partial charge in [-0.3, -0.25) is 14.6 Å². The number of benzene rings is 1. The SMILES string of the molecule is CC(C(=O)Nc1ccc(Cl)cc1Cl)N1CCN(Cc2ccco2)CC1. The maximum absolute atomic E-state index is 12.5. The maximum atomic E-state index is 12.5. The van der Waals surface area contributed by atoms with Crippen molar-refractivity contribution in [2.75, 3.05) is 31.5 Å². The van der Waals surface area contributed by atoms with Gasteiger partial charge in [0.2, 0.25) is 5.91 Å². The number of amides is 1. The molecule has 2 aromatic rings. The first kappa shape index (κ1) is 18.3. The van der Waals surface area contributed by atoms with Gasteiger partial charge in [0.25, 0.3) is 0 Å². The molecule has 1 saturated heterocycles. The van der Waals surface area contributed by atoms with Crippen LogP contribution >= 0.6 is 23.2 Å². The number of piperazine rings is 1. The summed E-state index contributed by atoms with van der Waals surface area (Å²) in [5, 5.41) is 3.87. The van der Waals surface area contributed by atoms with Crippen molar-refractivity contribution in [3.8, 4) is 0 Å².